The van der Waals surface area contributed by atoms with Gasteiger partial charge in [0.2, 0.25) is 0 Å². The number of hydrogen-bond acceptors (Lipinski definition) is 5. The zero-order valence-corrected chi connectivity index (χ0v) is 11.4. The average molecular weight is 268 g/mol. The van der Waals surface area contributed by atoms with E-state index in [-0.39, 0.29) is 30.8 Å². The lowest BCUT2D eigenvalue weighted by atomic mass is 9.88. The van der Waals surface area contributed by atoms with Gasteiger partial charge in [0, 0.05) is 19.2 Å². The minimum atomic E-state index is -0.642. The van der Waals surface area contributed by atoms with E-state index in [0.717, 1.165) is 5.56 Å². The fourth-order valence-electron chi connectivity index (χ4n) is 2.91. The number of nitrogens with zero attached hydrogens (tertiary/aromatic N) is 2. The van der Waals surface area contributed by atoms with Gasteiger partial charge >= 0.3 is 0 Å². The van der Waals surface area contributed by atoms with Crippen LogP contribution in [0.15, 0.2) is 12.4 Å². The molecule has 3 heterocycles. The number of aromatic nitrogens is 2. The minimum absolute atomic E-state index is 0.0552. The molecule has 6 heteroatoms. The first-order valence-electron chi connectivity index (χ1n) is 6.57. The fourth-order valence-corrected chi connectivity index (χ4v) is 2.91. The van der Waals surface area contributed by atoms with Gasteiger partial charge in [-0.3, -0.25) is 4.68 Å². The Kier molecular flexibility index (Phi) is 3.13. The molecule has 19 heavy (non-hydrogen) atoms. The van der Waals surface area contributed by atoms with E-state index in [4.69, 9.17) is 14.2 Å². The Hall–Kier alpha value is -0.950. The molecule has 4 atom stereocenters. The Balaban J connectivity index is 1.88. The number of fused-ring (bicyclic) bond motifs is 1. The second-order valence-electron chi connectivity index (χ2n) is 5.67. The summed E-state index contributed by atoms with van der Waals surface area (Å²) in [6.07, 6.45) is 3.14. The van der Waals surface area contributed by atoms with Crippen molar-refractivity contribution in [1.29, 1.82) is 0 Å². The van der Waals surface area contributed by atoms with E-state index in [0.29, 0.717) is 6.61 Å². The summed E-state index contributed by atoms with van der Waals surface area (Å²) in [6, 6.07) is 0. The fraction of sp³-hybridized carbons (Fsp3) is 0.769. The Morgan fingerprint density at radius 3 is 2.79 bits per heavy atom. The molecule has 0 unspecified atom stereocenters. The van der Waals surface area contributed by atoms with Gasteiger partial charge in [0.15, 0.2) is 5.79 Å². The number of hydrogen-bond donors (Lipinski definition) is 1. The van der Waals surface area contributed by atoms with Crippen LogP contribution in [0.2, 0.25) is 0 Å². The van der Waals surface area contributed by atoms with Crippen molar-refractivity contribution in [2.45, 2.75) is 43.9 Å². The third kappa shape index (κ3) is 2.29. The number of aryl methyl sites for hydroxylation is 1. The molecule has 2 saturated heterocycles. The van der Waals surface area contributed by atoms with Crippen LogP contribution >= 0.6 is 0 Å². The molecule has 0 aliphatic carbocycles. The maximum atomic E-state index is 9.39. The summed E-state index contributed by atoms with van der Waals surface area (Å²) in [5.74, 6) is -0.556. The van der Waals surface area contributed by atoms with Crippen LogP contribution in [0.4, 0.5) is 0 Å². The SMILES string of the molecule is Cn1cc([C@@H]2CO[C@H](CO)[C@@H]3OC(C)(C)O[C@@H]32)cn1. The second-order valence-corrected chi connectivity index (χ2v) is 5.67. The minimum Gasteiger partial charge on any atom is -0.394 e. The van der Waals surface area contributed by atoms with Gasteiger partial charge < -0.3 is 19.3 Å². The molecule has 106 valence electrons. The van der Waals surface area contributed by atoms with Crippen LogP contribution in [0.1, 0.15) is 25.3 Å². The molecule has 6 nitrogen and oxygen atoms in total. The third-order valence-electron chi connectivity index (χ3n) is 3.75. The molecule has 2 aliphatic rings. The van der Waals surface area contributed by atoms with Crippen LogP contribution in [0.25, 0.3) is 0 Å². The van der Waals surface area contributed by atoms with Gasteiger partial charge in [0.05, 0.1) is 25.5 Å². The van der Waals surface area contributed by atoms with Crippen molar-refractivity contribution in [1.82, 2.24) is 9.78 Å². The first kappa shape index (κ1) is 13.1. The molecule has 0 spiro atoms. The smallest absolute Gasteiger partial charge is 0.163 e. The summed E-state index contributed by atoms with van der Waals surface area (Å²) >= 11 is 0. The highest BCUT2D eigenvalue weighted by Crippen LogP contribution is 2.41. The Morgan fingerprint density at radius 1 is 1.42 bits per heavy atom. The third-order valence-corrected chi connectivity index (χ3v) is 3.75. The first-order valence-corrected chi connectivity index (χ1v) is 6.57. The highest BCUT2D eigenvalue weighted by Gasteiger charge is 2.52. The Labute approximate surface area is 112 Å². The molecular formula is C13H20N2O4. The maximum absolute atomic E-state index is 9.39. The number of aliphatic hydroxyl groups excluding tert-OH is 1. The standard InChI is InChI=1S/C13H20N2O4/c1-13(2)18-11-9(8-4-14-15(3)5-8)7-17-10(6-16)12(11)19-13/h4-5,9-12,16H,6-7H2,1-3H3/t9-,10+,11+,12-/m0/s1. The zero-order chi connectivity index (χ0) is 13.6. The highest BCUT2D eigenvalue weighted by atomic mass is 16.8. The summed E-state index contributed by atoms with van der Waals surface area (Å²) < 4.78 is 19.4. The summed E-state index contributed by atoms with van der Waals surface area (Å²) in [4.78, 5) is 0. The van der Waals surface area contributed by atoms with Gasteiger partial charge in [-0.2, -0.15) is 5.10 Å². The molecule has 1 aromatic rings. The molecule has 2 fully saturated rings. The van der Waals surface area contributed by atoms with Gasteiger partial charge in [-0.15, -0.1) is 0 Å². The van der Waals surface area contributed by atoms with Crippen LogP contribution in [-0.2, 0) is 21.3 Å². The van der Waals surface area contributed by atoms with Crippen molar-refractivity contribution < 1.29 is 19.3 Å². The van der Waals surface area contributed by atoms with Crippen molar-refractivity contribution >= 4 is 0 Å². The molecular weight excluding hydrogens is 248 g/mol. The molecule has 0 amide bonds. The number of rotatable bonds is 2. The lowest BCUT2D eigenvalue weighted by Crippen LogP contribution is -2.48. The van der Waals surface area contributed by atoms with E-state index in [1.165, 1.54) is 0 Å². The van der Waals surface area contributed by atoms with E-state index in [1.807, 2.05) is 33.3 Å². The molecule has 1 aromatic heterocycles. The van der Waals surface area contributed by atoms with Crippen LogP contribution in [0.5, 0.6) is 0 Å². The molecule has 2 aliphatic heterocycles. The molecule has 0 saturated carbocycles. The zero-order valence-electron chi connectivity index (χ0n) is 11.4. The largest absolute Gasteiger partial charge is 0.394 e. The molecule has 0 radical (unpaired) electrons. The van der Waals surface area contributed by atoms with Crippen LogP contribution in [0, 0.1) is 0 Å². The second kappa shape index (κ2) is 4.56. The lowest BCUT2D eigenvalue weighted by molar-refractivity contribution is -0.157. The predicted molar refractivity (Wildman–Crippen MR) is 66.6 cm³/mol. The van der Waals surface area contributed by atoms with Crippen LogP contribution in [-0.4, -0.2) is 52.2 Å². The van der Waals surface area contributed by atoms with E-state index in [1.54, 1.807) is 4.68 Å². The van der Waals surface area contributed by atoms with Crippen LogP contribution in [0.3, 0.4) is 0 Å². The van der Waals surface area contributed by atoms with Gasteiger partial charge in [-0.05, 0) is 19.4 Å². The maximum Gasteiger partial charge on any atom is 0.163 e. The summed E-state index contributed by atoms with van der Waals surface area (Å²) in [6.45, 7) is 4.23. The first-order chi connectivity index (χ1) is 9.00. The van der Waals surface area contributed by atoms with E-state index >= 15 is 0 Å². The highest BCUT2D eigenvalue weighted by molar-refractivity contribution is 5.17. The summed E-state index contributed by atoms with van der Waals surface area (Å²) in [5.41, 5.74) is 1.08. The van der Waals surface area contributed by atoms with Crippen molar-refractivity contribution in [2.75, 3.05) is 13.2 Å². The summed E-state index contributed by atoms with van der Waals surface area (Å²) in [5, 5.41) is 13.6. The Morgan fingerprint density at radius 2 is 2.16 bits per heavy atom. The van der Waals surface area contributed by atoms with E-state index < -0.39 is 5.79 Å². The molecule has 0 bridgehead atoms. The van der Waals surface area contributed by atoms with Crippen molar-refractivity contribution in [3.63, 3.8) is 0 Å². The molecule has 0 aromatic carbocycles. The van der Waals surface area contributed by atoms with Gasteiger partial charge in [0.25, 0.3) is 0 Å². The van der Waals surface area contributed by atoms with Crippen LogP contribution < -0.4 is 0 Å². The number of aliphatic hydroxyl groups is 1. The van der Waals surface area contributed by atoms with Crippen molar-refractivity contribution in [3.05, 3.63) is 18.0 Å². The molecule has 1 N–H and O–H groups in total. The monoisotopic (exact) mass is 268 g/mol. The van der Waals surface area contributed by atoms with Gasteiger partial charge in [-0.1, -0.05) is 0 Å². The normalized spacial score (nSPS) is 37.3. The Bertz CT molecular complexity index is 459. The van der Waals surface area contributed by atoms with Gasteiger partial charge in [0.1, 0.15) is 12.2 Å². The number of ether oxygens (including phenoxy) is 3. The summed E-state index contributed by atoms with van der Waals surface area (Å²) in [7, 11) is 1.89. The molecule has 3 rings (SSSR count). The topological polar surface area (TPSA) is 65.7 Å². The van der Waals surface area contributed by atoms with E-state index in [9.17, 15) is 5.11 Å². The van der Waals surface area contributed by atoms with E-state index in [2.05, 4.69) is 5.10 Å². The lowest BCUT2D eigenvalue weighted by Gasteiger charge is -2.35. The average Bonchev–Trinajstić information content (AvgIpc) is 2.90. The van der Waals surface area contributed by atoms with Crippen molar-refractivity contribution in [3.8, 4) is 0 Å². The van der Waals surface area contributed by atoms with Gasteiger partial charge in [-0.25, -0.2) is 0 Å². The van der Waals surface area contributed by atoms with Crippen molar-refractivity contribution in [2.24, 2.45) is 7.05 Å². The quantitative estimate of drug-likeness (QED) is 0.842. The predicted octanol–water partition coefficient (Wildman–Crippen LogP) is 0.415.